The number of alkyl carbamates (subject to hydrolysis) is 1. The van der Waals surface area contributed by atoms with E-state index in [0.29, 0.717) is 18.5 Å². The molecule has 0 radical (unpaired) electrons. The summed E-state index contributed by atoms with van der Waals surface area (Å²) in [5, 5.41) is 15.2. The van der Waals surface area contributed by atoms with Gasteiger partial charge in [0, 0.05) is 12.6 Å². The molecule has 1 aromatic rings. The van der Waals surface area contributed by atoms with Crippen molar-refractivity contribution >= 4 is 17.9 Å². The van der Waals surface area contributed by atoms with E-state index in [4.69, 9.17) is 4.74 Å². The highest BCUT2D eigenvalue weighted by Gasteiger charge is 2.37. The molecule has 0 aliphatic heterocycles. The first-order valence-electron chi connectivity index (χ1n) is 11.3. The average Bonchev–Trinajstić information content (AvgIpc) is 2.70. The molecule has 3 amide bonds. The summed E-state index contributed by atoms with van der Waals surface area (Å²) in [5.74, 6) is -0.628. The van der Waals surface area contributed by atoms with Crippen LogP contribution in [0.5, 0.6) is 5.75 Å². The zero-order chi connectivity index (χ0) is 24.5. The van der Waals surface area contributed by atoms with E-state index in [0.717, 1.165) is 12.8 Å². The van der Waals surface area contributed by atoms with Gasteiger partial charge in [0.15, 0.2) is 0 Å². The van der Waals surface area contributed by atoms with Gasteiger partial charge in [-0.3, -0.25) is 9.59 Å². The SMILES string of the molecule is CCCCNC(=O)C(c1ccc(O)cc1)N(C(=O)C(C)NC(=O)OC(C)(C)C)C(C)CC. The van der Waals surface area contributed by atoms with Crippen LogP contribution < -0.4 is 10.6 Å². The normalized spacial score (nSPS) is 14.1. The minimum absolute atomic E-state index is 0.0697. The van der Waals surface area contributed by atoms with E-state index in [1.165, 1.54) is 17.0 Å². The Kier molecular flexibility index (Phi) is 10.5. The molecular formula is C24H39N3O5. The minimum Gasteiger partial charge on any atom is -0.508 e. The van der Waals surface area contributed by atoms with Crippen molar-refractivity contribution in [2.45, 2.75) is 91.5 Å². The van der Waals surface area contributed by atoms with Crippen molar-refractivity contribution in [1.29, 1.82) is 0 Å². The fourth-order valence-electron chi connectivity index (χ4n) is 3.15. The molecule has 0 aliphatic carbocycles. The van der Waals surface area contributed by atoms with Crippen LogP contribution >= 0.6 is 0 Å². The summed E-state index contributed by atoms with van der Waals surface area (Å²) in [6.45, 7) is 13.1. The maximum atomic E-state index is 13.5. The Bertz CT molecular complexity index is 758. The van der Waals surface area contributed by atoms with Crippen LogP contribution in [0.2, 0.25) is 0 Å². The minimum atomic E-state index is -0.905. The number of aromatic hydroxyl groups is 1. The number of nitrogens with one attached hydrogen (secondary N) is 2. The molecule has 0 spiro atoms. The van der Waals surface area contributed by atoms with E-state index in [-0.39, 0.29) is 17.7 Å². The van der Waals surface area contributed by atoms with Gasteiger partial charge in [-0.05, 0) is 65.2 Å². The number of benzene rings is 1. The van der Waals surface area contributed by atoms with E-state index in [1.54, 1.807) is 39.8 Å². The molecule has 1 aromatic carbocycles. The fourth-order valence-corrected chi connectivity index (χ4v) is 3.15. The van der Waals surface area contributed by atoms with E-state index in [2.05, 4.69) is 10.6 Å². The Balaban J connectivity index is 3.27. The van der Waals surface area contributed by atoms with Crippen LogP contribution in [0.25, 0.3) is 0 Å². The standard InChI is InChI=1S/C24H39N3O5/c1-8-10-15-25-21(29)20(18-11-13-19(28)14-12-18)27(16(3)9-2)22(30)17(4)26-23(31)32-24(5,6)7/h11-14,16-17,20,28H,8-10,15H2,1-7H3,(H,25,29)(H,26,31). The lowest BCUT2D eigenvalue weighted by atomic mass is 10.00. The molecule has 180 valence electrons. The Morgan fingerprint density at radius 1 is 1.09 bits per heavy atom. The summed E-state index contributed by atoms with van der Waals surface area (Å²) in [7, 11) is 0. The Morgan fingerprint density at radius 2 is 1.69 bits per heavy atom. The molecule has 0 saturated carbocycles. The first-order valence-corrected chi connectivity index (χ1v) is 11.3. The summed E-state index contributed by atoms with van der Waals surface area (Å²) < 4.78 is 5.27. The third-order valence-electron chi connectivity index (χ3n) is 4.99. The van der Waals surface area contributed by atoms with Gasteiger partial charge in [0.2, 0.25) is 11.8 Å². The molecule has 0 fully saturated rings. The quantitative estimate of drug-likeness (QED) is 0.470. The molecule has 0 saturated heterocycles. The van der Waals surface area contributed by atoms with Crippen LogP contribution in [0.3, 0.4) is 0 Å². The van der Waals surface area contributed by atoms with Gasteiger partial charge in [-0.15, -0.1) is 0 Å². The largest absolute Gasteiger partial charge is 0.508 e. The van der Waals surface area contributed by atoms with Gasteiger partial charge in [0.05, 0.1) is 0 Å². The lowest BCUT2D eigenvalue weighted by Gasteiger charge is -2.37. The van der Waals surface area contributed by atoms with Gasteiger partial charge in [0.25, 0.3) is 0 Å². The number of rotatable bonds is 10. The number of phenols is 1. The monoisotopic (exact) mass is 449 g/mol. The van der Waals surface area contributed by atoms with Gasteiger partial charge >= 0.3 is 6.09 Å². The van der Waals surface area contributed by atoms with Gasteiger partial charge < -0.3 is 25.4 Å². The van der Waals surface area contributed by atoms with Gasteiger partial charge in [-0.25, -0.2) is 4.79 Å². The van der Waals surface area contributed by atoms with Crippen LogP contribution in [-0.4, -0.2) is 52.1 Å². The number of nitrogens with zero attached hydrogens (tertiary/aromatic N) is 1. The summed E-state index contributed by atoms with van der Waals surface area (Å²) >= 11 is 0. The molecule has 0 aromatic heterocycles. The van der Waals surface area contributed by atoms with Crippen LogP contribution in [0.15, 0.2) is 24.3 Å². The molecule has 3 unspecified atom stereocenters. The van der Waals surface area contributed by atoms with Crippen molar-refractivity contribution in [3.05, 3.63) is 29.8 Å². The highest BCUT2D eigenvalue weighted by molar-refractivity contribution is 5.92. The second-order valence-electron chi connectivity index (χ2n) is 9.01. The fraction of sp³-hybridized carbons (Fsp3) is 0.625. The van der Waals surface area contributed by atoms with Crippen molar-refractivity contribution < 1.29 is 24.2 Å². The van der Waals surface area contributed by atoms with Crippen LogP contribution in [0.4, 0.5) is 4.79 Å². The molecular weight excluding hydrogens is 410 g/mol. The summed E-state index contributed by atoms with van der Waals surface area (Å²) in [4.78, 5) is 40.4. The van der Waals surface area contributed by atoms with Gasteiger partial charge in [-0.1, -0.05) is 32.4 Å². The number of hydrogen-bond donors (Lipinski definition) is 3. The van der Waals surface area contributed by atoms with Crippen molar-refractivity contribution in [3.63, 3.8) is 0 Å². The second kappa shape index (κ2) is 12.3. The summed E-state index contributed by atoms with van der Waals surface area (Å²) in [6, 6.07) is 4.16. The van der Waals surface area contributed by atoms with E-state index < -0.39 is 29.7 Å². The third kappa shape index (κ3) is 8.40. The lowest BCUT2D eigenvalue weighted by molar-refractivity contribution is -0.144. The zero-order valence-corrected chi connectivity index (χ0v) is 20.4. The van der Waals surface area contributed by atoms with Crippen molar-refractivity contribution in [2.75, 3.05) is 6.54 Å². The number of unbranched alkanes of at least 4 members (excludes halogenated alkanes) is 1. The molecule has 1 rings (SSSR count). The summed E-state index contributed by atoms with van der Waals surface area (Å²) in [6.07, 6.45) is 1.66. The molecule has 3 atom stereocenters. The molecule has 8 nitrogen and oxygen atoms in total. The maximum absolute atomic E-state index is 13.5. The van der Waals surface area contributed by atoms with E-state index >= 15 is 0 Å². The third-order valence-corrected chi connectivity index (χ3v) is 4.99. The average molecular weight is 450 g/mol. The number of ether oxygens (including phenoxy) is 1. The highest BCUT2D eigenvalue weighted by atomic mass is 16.6. The van der Waals surface area contributed by atoms with Gasteiger partial charge in [-0.2, -0.15) is 0 Å². The van der Waals surface area contributed by atoms with Crippen LogP contribution in [0.1, 0.15) is 79.3 Å². The molecule has 8 heteroatoms. The number of phenolic OH excluding ortho intramolecular Hbond substituents is 1. The van der Waals surface area contributed by atoms with Crippen molar-refractivity contribution in [2.24, 2.45) is 0 Å². The van der Waals surface area contributed by atoms with Crippen LogP contribution in [0, 0.1) is 0 Å². The zero-order valence-electron chi connectivity index (χ0n) is 20.4. The molecule has 32 heavy (non-hydrogen) atoms. The molecule has 0 bridgehead atoms. The van der Waals surface area contributed by atoms with Crippen LogP contribution in [-0.2, 0) is 14.3 Å². The molecule has 0 heterocycles. The number of carbonyl (C=O) groups is 3. The Hall–Kier alpha value is -2.77. The van der Waals surface area contributed by atoms with E-state index in [9.17, 15) is 19.5 Å². The Labute approximate surface area is 191 Å². The lowest BCUT2D eigenvalue weighted by Crippen LogP contribution is -2.54. The smallest absolute Gasteiger partial charge is 0.408 e. The predicted molar refractivity (Wildman–Crippen MR) is 124 cm³/mol. The van der Waals surface area contributed by atoms with Gasteiger partial charge in [0.1, 0.15) is 23.4 Å². The number of amides is 3. The molecule has 3 N–H and O–H groups in total. The predicted octanol–water partition coefficient (Wildman–Crippen LogP) is 3.89. The Morgan fingerprint density at radius 3 is 2.19 bits per heavy atom. The number of hydrogen-bond acceptors (Lipinski definition) is 5. The van der Waals surface area contributed by atoms with Crippen molar-refractivity contribution in [3.8, 4) is 5.75 Å². The maximum Gasteiger partial charge on any atom is 0.408 e. The molecule has 0 aliphatic rings. The topological polar surface area (TPSA) is 108 Å². The first kappa shape index (κ1) is 27.3. The first-order chi connectivity index (χ1) is 14.9. The highest BCUT2D eigenvalue weighted by Crippen LogP contribution is 2.27. The van der Waals surface area contributed by atoms with E-state index in [1.807, 2.05) is 20.8 Å². The second-order valence-corrected chi connectivity index (χ2v) is 9.01. The van der Waals surface area contributed by atoms with Crippen molar-refractivity contribution in [1.82, 2.24) is 15.5 Å². The summed E-state index contributed by atoms with van der Waals surface area (Å²) in [5.41, 5.74) is -0.119. The number of carbonyl (C=O) groups excluding carboxylic acids is 3.